The van der Waals surface area contributed by atoms with E-state index >= 15 is 0 Å². The van der Waals surface area contributed by atoms with Crippen molar-refractivity contribution in [1.29, 1.82) is 0 Å². The number of hydrogen-bond acceptors (Lipinski definition) is 1. The molecule has 0 saturated carbocycles. The van der Waals surface area contributed by atoms with Crippen molar-refractivity contribution in [3.05, 3.63) is 48.0 Å². The molecule has 0 atom stereocenters. The molecule has 3 nitrogen and oxygen atoms in total. The third kappa shape index (κ3) is 2.90. The standard InChI is InChI=1S/C16H19FN2O/c1-4-9-18(2)16(20)15-10-13(11-19(15)3)12-5-7-14(17)8-6-12/h5-8,10-11H,4,9H2,1-3H3. The Bertz CT molecular complexity index is 601. The molecule has 106 valence electrons. The van der Waals surface area contributed by atoms with Crippen molar-refractivity contribution >= 4 is 5.91 Å². The van der Waals surface area contributed by atoms with Crippen molar-refractivity contribution in [3.8, 4) is 11.1 Å². The minimum atomic E-state index is -0.260. The highest BCUT2D eigenvalue weighted by atomic mass is 19.1. The molecule has 2 rings (SSSR count). The van der Waals surface area contributed by atoms with Crippen molar-refractivity contribution < 1.29 is 9.18 Å². The first-order valence-corrected chi connectivity index (χ1v) is 6.70. The molecule has 0 saturated heterocycles. The highest BCUT2D eigenvalue weighted by Crippen LogP contribution is 2.22. The number of carbonyl (C=O) groups is 1. The quantitative estimate of drug-likeness (QED) is 0.839. The normalized spacial score (nSPS) is 10.6. The van der Waals surface area contributed by atoms with Crippen molar-refractivity contribution in [3.63, 3.8) is 0 Å². The molecule has 0 bridgehead atoms. The summed E-state index contributed by atoms with van der Waals surface area (Å²) in [5, 5.41) is 0. The molecule has 1 heterocycles. The van der Waals surface area contributed by atoms with Gasteiger partial charge in [-0.05, 0) is 30.2 Å². The van der Waals surface area contributed by atoms with Gasteiger partial charge in [-0.2, -0.15) is 0 Å². The fraction of sp³-hybridized carbons (Fsp3) is 0.312. The Balaban J connectivity index is 2.30. The molecule has 0 aliphatic rings. The van der Waals surface area contributed by atoms with Crippen LogP contribution in [-0.2, 0) is 7.05 Å². The molecular formula is C16H19FN2O. The maximum Gasteiger partial charge on any atom is 0.270 e. The summed E-state index contributed by atoms with van der Waals surface area (Å²) in [6.45, 7) is 2.77. The van der Waals surface area contributed by atoms with Crippen LogP contribution in [-0.4, -0.2) is 29.0 Å². The zero-order valence-electron chi connectivity index (χ0n) is 12.1. The van der Waals surface area contributed by atoms with Crippen LogP contribution in [0.1, 0.15) is 23.8 Å². The average molecular weight is 274 g/mol. The number of aromatic nitrogens is 1. The number of nitrogens with zero attached hydrogens (tertiary/aromatic N) is 2. The van der Waals surface area contributed by atoms with Crippen LogP contribution in [0.3, 0.4) is 0 Å². The van der Waals surface area contributed by atoms with Crippen LogP contribution in [0.5, 0.6) is 0 Å². The molecule has 4 heteroatoms. The van der Waals surface area contributed by atoms with Gasteiger partial charge in [0.05, 0.1) is 0 Å². The van der Waals surface area contributed by atoms with Gasteiger partial charge in [-0.15, -0.1) is 0 Å². The molecule has 20 heavy (non-hydrogen) atoms. The van der Waals surface area contributed by atoms with Gasteiger partial charge in [0.25, 0.3) is 5.91 Å². The number of benzene rings is 1. The van der Waals surface area contributed by atoms with Gasteiger partial charge in [-0.3, -0.25) is 4.79 Å². The SMILES string of the molecule is CCCN(C)C(=O)c1cc(-c2ccc(F)cc2)cn1C. The predicted molar refractivity (Wildman–Crippen MR) is 78.1 cm³/mol. The lowest BCUT2D eigenvalue weighted by Gasteiger charge is -2.16. The third-order valence-corrected chi connectivity index (χ3v) is 3.31. The van der Waals surface area contributed by atoms with Crippen LogP contribution in [0.2, 0.25) is 0 Å². The Morgan fingerprint density at radius 2 is 1.90 bits per heavy atom. The van der Waals surface area contributed by atoms with E-state index in [1.165, 1.54) is 12.1 Å². The van der Waals surface area contributed by atoms with Crippen LogP contribution < -0.4 is 0 Å². The van der Waals surface area contributed by atoms with Gasteiger partial charge < -0.3 is 9.47 Å². The topological polar surface area (TPSA) is 25.2 Å². The highest BCUT2D eigenvalue weighted by Gasteiger charge is 2.16. The summed E-state index contributed by atoms with van der Waals surface area (Å²) in [6.07, 6.45) is 2.82. The van der Waals surface area contributed by atoms with E-state index in [2.05, 4.69) is 0 Å². The van der Waals surface area contributed by atoms with Gasteiger partial charge in [0.2, 0.25) is 0 Å². The monoisotopic (exact) mass is 274 g/mol. The summed E-state index contributed by atoms with van der Waals surface area (Å²) in [5.41, 5.74) is 2.46. The second-order valence-corrected chi connectivity index (χ2v) is 4.96. The minimum absolute atomic E-state index is 0.00251. The maximum absolute atomic E-state index is 12.9. The van der Waals surface area contributed by atoms with Crippen LogP contribution in [0.25, 0.3) is 11.1 Å². The van der Waals surface area contributed by atoms with E-state index in [-0.39, 0.29) is 11.7 Å². The first kappa shape index (κ1) is 14.3. The Hall–Kier alpha value is -2.10. The Kier molecular flexibility index (Phi) is 4.23. The second kappa shape index (κ2) is 5.90. The summed E-state index contributed by atoms with van der Waals surface area (Å²) in [5.74, 6) is -0.258. The summed E-state index contributed by atoms with van der Waals surface area (Å²) in [7, 11) is 3.65. The van der Waals surface area contributed by atoms with Crippen molar-refractivity contribution in [2.45, 2.75) is 13.3 Å². The highest BCUT2D eigenvalue weighted by molar-refractivity contribution is 5.94. The van der Waals surface area contributed by atoms with E-state index in [0.717, 1.165) is 24.1 Å². The number of hydrogen-bond donors (Lipinski definition) is 0. The zero-order chi connectivity index (χ0) is 14.7. The van der Waals surface area contributed by atoms with E-state index in [1.807, 2.05) is 30.8 Å². The molecule has 0 spiro atoms. The third-order valence-electron chi connectivity index (χ3n) is 3.31. The molecule has 1 aromatic carbocycles. The van der Waals surface area contributed by atoms with Crippen LogP contribution >= 0.6 is 0 Å². The molecular weight excluding hydrogens is 255 g/mol. The maximum atomic E-state index is 12.9. The van der Waals surface area contributed by atoms with E-state index in [4.69, 9.17) is 0 Å². The summed E-state index contributed by atoms with van der Waals surface area (Å²) < 4.78 is 14.8. The van der Waals surface area contributed by atoms with Gasteiger partial charge in [-0.25, -0.2) is 4.39 Å². The predicted octanol–water partition coefficient (Wildman–Crippen LogP) is 3.31. The van der Waals surface area contributed by atoms with E-state index in [0.29, 0.717) is 5.69 Å². The zero-order valence-corrected chi connectivity index (χ0v) is 12.1. The summed E-state index contributed by atoms with van der Waals surface area (Å²) in [6, 6.07) is 8.13. The Labute approximate surface area is 118 Å². The van der Waals surface area contributed by atoms with Crippen molar-refractivity contribution in [2.24, 2.45) is 7.05 Å². The minimum Gasteiger partial charge on any atom is -0.346 e. The lowest BCUT2D eigenvalue weighted by molar-refractivity contribution is 0.0786. The van der Waals surface area contributed by atoms with E-state index < -0.39 is 0 Å². The van der Waals surface area contributed by atoms with E-state index in [1.54, 1.807) is 24.1 Å². The average Bonchev–Trinajstić information content (AvgIpc) is 2.81. The van der Waals surface area contributed by atoms with Gasteiger partial charge in [-0.1, -0.05) is 19.1 Å². The van der Waals surface area contributed by atoms with E-state index in [9.17, 15) is 9.18 Å². The van der Waals surface area contributed by atoms with Gasteiger partial charge >= 0.3 is 0 Å². The first-order valence-electron chi connectivity index (χ1n) is 6.70. The summed E-state index contributed by atoms with van der Waals surface area (Å²) >= 11 is 0. The molecule has 1 amide bonds. The fourth-order valence-electron chi connectivity index (χ4n) is 2.21. The smallest absolute Gasteiger partial charge is 0.270 e. The molecule has 0 unspecified atom stereocenters. The summed E-state index contributed by atoms with van der Waals surface area (Å²) in [4.78, 5) is 14.0. The van der Waals surface area contributed by atoms with Gasteiger partial charge in [0, 0.05) is 32.4 Å². The van der Waals surface area contributed by atoms with Crippen LogP contribution in [0.15, 0.2) is 36.5 Å². The lowest BCUT2D eigenvalue weighted by atomic mass is 10.1. The number of aryl methyl sites for hydroxylation is 1. The molecule has 2 aromatic rings. The molecule has 0 aliphatic heterocycles. The number of amides is 1. The molecule has 1 aromatic heterocycles. The fourth-order valence-corrected chi connectivity index (χ4v) is 2.21. The molecule has 0 aliphatic carbocycles. The second-order valence-electron chi connectivity index (χ2n) is 4.96. The van der Waals surface area contributed by atoms with Gasteiger partial charge in [0.15, 0.2) is 0 Å². The molecule has 0 radical (unpaired) electrons. The largest absolute Gasteiger partial charge is 0.346 e. The Morgan fingerprint density at radius 1 is 1.25 bits per heavy atom. The van der Waals surface area contributed by atoms with Crippen LogP contribution in [0.4, 0.5) is 4.39 Å². The number of rotatable bonds is 4. The Morgan fingerprint density at radius 3 is 2.50 bits per heavy atom. The molecule has 0 fully saturated rings. The van der Waals surface area contributed by atoms with Gasteiger partial charge in [0.1, 0.15) is 11.5 Å². The van der Waals surface area contributed by atoms with Crippen LogP contribution in [0, 0.1) is 5.82 Å². The lowest BCUT2D eigenvalue weighted by Crippen LogP contribution is -2.28. The van der Waals surface area contributed by atoms with Crippen molar-refractivity contribution in [1.82, 2.24) is 9.47 Å². The number of carbonyl (C=O) groups excluding carboxylic acids is 1. The number of halogens is 1. The van der Waals surface area contributed by atoms with Crippen molar-refractivity contribution in [2.75, 3.05) is 13.6 Å². The molecule has 0 N–H and O–H groups in total. The first-order chi connectivity index (χ1) is 9.52.